The van der Waals surface area contributed by atoms with E-state index in [2.05, 4.69) is 0 Å². The zero-order valence-electron chi connectivity index (χ0n) is 11.2. The SMILES string of the molecule is C[C@]12C=C[C@H](O1)[C@H]1C(=O)N(Cc3ccccc3)C(=O)[C@@H]12. The van der Waals surface area contributed by atoms with Gasteiger partial charge in [0.05, 0.1) is 30.1 Å². The minimum Gasteiger partial charge on any atom is -0.362 e. The molecule has 102 valence electrons. The van der Waals surface area contributed by atoms with Crippen LogP contribution in [-0.2, 0) is 20.9 Å². The Kier molecular flexibility index (Phi) is 2.25. The number of imide groups is 1. The molecule has 1 aromatic carbocycles. The second kappa shape index (κ2) is 3.79. The van der Waals surface area contributed by atoms with Crippen molar-refractivity contribution in [3.63, 3.8) is 0 Å². The molecule has 2 saturated heterocycles. The van der Waals surface area contributed by atoms with Gasteiger partial charge < -0.3 is 4.74 Å². The molecule has 0 aromatic heterocycles. The van der Waals surface area contributed by atoms with Crippen molar-refractivity contribution in [1.29, 1.82) is 0 Å². The Hall–Kier alpha value is -1.94. The summed E-state index contributed by atoms with van der Waals surface area (Å²) in [4.78, 5) is 26.5. The third-order valence-corrected chi connectivity index (χ3v) is 4.60. The van der Waals surface area contributed by atoms with Gasteiger partial charge in [-0.1, -0.05) is 42.5 Å². The van der Waals surface area contributed by atoms with Crippen molar-refractivity contribution in [2.24, 2.45) is 11.8 Å². The molecule has 1 aromatic rings. The van der Waals surface area contributed by atoms with E-state index in [4.69, 9.17) is 4.74 Å². The number of hydrogen-bond donors (Lipinski definition) is 0. The predicted octanol–water partition coefficient (Wildman–Crippen LogP) is 1.52. The molecule has 0 N–H and O–H groups in total. The summed E-state index contributed by atoms with van der Waals surface area (Å²) in [6.45, 7) is 2.25. The molecule has 3 aliphatic rings. The summed E-state index contributed by atoms with van der Waals surface area (Å²) in [7, 11) is 0. The number of carbonyl (C=O) groups excluding carboxylic acids is 2. The molecule has 4 atom stereocenters. The number of ether oxygens (including phenoxy) is 1. The van der Waals surface area contributed by atoms with Crippen LogP contribution in [0.15, 0.2) is 42.5 Å². The van der Waals surface area contributed by atoms with Gasteiger partial charge in [0.1, 0.15) is 0 Å². The van der Waals surface area contributed by atoms with Crippen LogP contribution >= 0.6 is 0 Å². The lowest BCUT2D eigenvalue weighted by Gasteiger charge is -2.24. The normalized spacial score (nSPS) is 37.9. The molecule has 20 heavy (non-hydrogen) atoms. The van der Waals surface area contributed by atoms with Crippen LogP contribution in [0.1, 0.15) is 12.5 Å². The molecule has 2 amide bonds. The van der Waals surface area contributed by atoms with Gasteiger partial charge in [0.15, 0.2) is 0 Å². The van der Waals surface area contributed by atoms with Gasteiger partial charge in [-0.15, -0.1) is 0 Å². The highest BCUT2D eigenvalue weighted by molar-refractivity contribution is 6.07. The molecule has 2 fully saturated rings. The van der Waals surface area contributed by atoms with E-state index in [1.54, 1.807) is 0 Å². The Balaban J connectivity index is 1.66. The van der Waals surface area contributed by atoms with Crippen LogP contribution in [0.3, 0.4) is 0 Å². The summed E-state index contributed by atoms with van der Waals surface area (Å²) < 4.78 is 5.79. The van der Waals surface area contributed by atoms with Crippen molar-refractivity contribution in [3.05, 3.63) is 48.0 Å². The largest absolute Gasteiger partial charge is 0.362 e. The molecule has 4 nitrogen and oxygen atoms in total. The molecule has 3 aliphatic heterocycles. The number of fused-ring (bicyclic) bond motifs is 5. The minimum atomic E-state index is -0.604. The van der Waals surface area contributed by atoms with E-state index >= 15 is 0 Å². The Morgan fingerprint density at radius 1 is 1.20 bits per heavy atom. The lowest BCUT2D eigenvalue weighted by atomic mass is 9.78. The first kappa shape index (κ1) is 11.9. The summed E-state index contributed by atoms with van der Waals surface area (Å²) in [6, 6.07) is 9.61. The smallest absolute Gasteiger partial charge is 0.236 e. The highest BCUT2D eigenvalue weighted by atomic mass is 16.5. The second-order valence-electron chi connectivity index (χ2n) is 5.88. The average Bonchev–Trinajstić information content (AvgIpc) is 3.04. The first-order valence-corrected chi connectivity index (χ1v) is 6.86. The van der Waals surface area contributed by atoms with Crippen LogP contribution in [-0.4, -0.2) is 28.4 Å². The van der Waals surface area contributed by atoms with E-state index in [1.165, 1.54) is 4.90 Å². The Morgan fingerprint density at radius 2 is 1.95 bits per heavy atom. The molecule has 0 saturated carbocycles. The van der Waals surface area contributed by atoms with E-state index in [9.17, 15) is 9.59 Å². The molecule has 3 heterocycles. The van der Waals surface area contributed by atoms with E-state index in [-0.39, 0.29) is 29.8 Å². The Labute approximate surface area is 117 Å². The summed E-state index contributed by atoms with van der Waals surface area (Å²) in [5, 5.41) is 0. The predicted molar refractivity (Wildman–Crippen MR) is 71.4 cm³/mol. The topological polar surface area (TPSA) is 46.6 Å². The number of carbonyl (C=O) groups is 2. The molecule has 0 unspecified atom stereocenters. The van der Waals surface area contributed by atoms with Crippen molar-refractivity contribution in [2.75, 3.05) is 0 Å². The van der Waals surface area contributed by atoms with E-state index in [0.717, 1.165) is 5.56 Å². The van der Waals surface area contributed by atoms with Gasteiger partial charge in [0.25, 0.3) is 0 Å². The molecule has 0 radical (unpaired) electrons. The zero-order chi connectivity index (χ0) is 13.9. The fourth-order valence-corrected chi connectivity index (χ4v) is 3.63. The molecule has 4 heteroatoms. The van der Waals surface area contributed by atoms with Crippen LogP contribution in [0.4, 0.5) is 0 Å². The van der Waals surface area contributed by atoms with Crippen LogP contribution in [0.2, 0.25) is 0 Å². The standard InChI is InChI=1S/C16H15NO3/c1-16-8-7-11(20-16)12-13(16)15(19)17(14(12)18)9-10-5-3-2-4-6-10/h2-8,11-13H,9H2,1H3/t11-,12+,13+,16+/m0/s1. The lowest BCUT2D eigenvalue weighted by Crippen LogP contribution is -2.38. The second-order valence-corrected chi connectivity index (χ2v) is 5.88. The molecule has 0 aliphatic carbocycles. The quantitative estimate of drug-likeness (QED) is 0.604. The number of likely N-dealkylation sites (tertiary alicyclic amines) is 1. The van der Waals surface area contributed by atoms with Gasteiger partial charge >= 0.3 is 0 Å². The fraction of sp³-hybridized carbons (Fsp3) is 0.375. The molecule has 0 spiro atoms. The molecular formula is C16H15NO3. The van der Waals surface area contributed by atoms with Crippen LogP contribution < -0.4 is 0 Å². The Bertz CT molecular complexity index is 624. The fourth-order valence-electron chi connectivity index (χ4n) is 3.63. The number of hydrogen-bond acceptors (Lipinski definition) is 3. The van der Waals surface area contributed by atoms with Gasteiger partial charge in [-0.05, 0) is 12.5 Å². The first-order valence-electron chi connectivity index (χ1n) is 6.86. The first-order chi connectivity index (χ1) is 9.60. The highest BCUT2D eigenvalue weighted by Crippen LogP contribution is 2.51. The van der Waals surface area contributed by atoms with Gasteiger partial charge in [-0.2, -0.15) is 0 Å². The van der Waals surface area contributed by atoms with Gasteiger partial charge in [0, 0.05) is 0 Å². The summed E-state index contributed by atoms with van der Waals surface area (Å²) in [5.41, 5.74) is 0.369. The van der Waals surface area contributed by atoms with Crippen molar-refractivity contribution >= 4 is 11.8 Å². The lowest BCUT2D eigenvalue weighted by molar-refractivity contribution is -0.144. The van der Waals surface area contributed by atoms with Crippen LogP contribution in [0.5, 0.6) is 0 Å². The number of rotatable bonds is 2. The van der Waals surface area contributed by atoms with E-state index in [0.29, 0.717) is 6.54 Å². The molecular weight excluding hydrogens is 254 g/mol. The van der Waals surface area contributed by atoms with Crippen molar-refractivity contribution < 1.29 is 14.3 Å². The number of amides is 2. The van der Waals surface area contributed by atoms with Crippen molar-refractivity contribution in [1.82, 2.24) is 4.90 Å². The van der Waals surface area contributed by atoms with Gasteiger partial charge in [-0.3, -0.25) is 14.5 Å². The van der Waals surface area contributed by atoms with Crippen molar-refractivity contribution in [3.8, 4) is 0 Å². The van der Waals surface area contributed by atoms with Crippen molar-refractivity contribution in [2.45, 2.75) is 25.2 Å². The van der Waals surface area contributed by atoms with Crippen LogP contribution in [0, 0.1) is 11.8 Å². The zero-order valence-corrected chi connectivity index (χ0v) is 11.2. The third kappa shape index (κ3) is 1.40. The third-order valence-electron chi connectivity index (χ3n) is 4.60. The average molecular weight is 269 g/mol. The van der Waals surface area contributed by atoms with Gasteiger partial charge in [-0.25, -0.2) is 0 Å². The molecule has 4 rings (SSSR count). The van der Waals surface area contributed by atoms with Crippen LogP contribution in [0.25, 0.3) is 0 Å². The monoisotopic (exact) mass is 269 g/mol. The summed E-state index contributed by atoms with van der Waals surface area (Å²) in [5.74, 6) is -0.880. The summed E-state index contributed by atoms with van der Waals surface area (Å²) >= 11 is 0. The maximum absolute atomic E-state index is 12.6. The maximum atomic E-state index is 12.6. The summed E-state index contributed by atoms with van der Waals surface area (Å²) in [6.07, 6.45) is 3.61. The number of nitrogens with zero attached hydrogens (tertiary/aromatic N) is 1. The Morgan fingerprint density at radius 3 is 2.65 bits per heavy atom. The van der Waals surface area contributed by atoms with E-state index in [1.807, 2.05) is 49.4 Å². The van der Waals surface area contributed by atoms with Gasteiger partial charge in [0.2, 0.25) is 11.8 Å². The minimum absolute atomic E-state index is 0.0954. The number of benzene rings is 1. The highest BCUT2D eigenvalue weighted by Gasteiger charge is 2.65. The maximum Gasteiger partial charge on any atom is 0.236 e. The molecule has 2 bridgehead atoms. The van der Waals surface area contributed by atoms with E-state index < -0.39 is 5.60 Å².